The Labute approximate surface area is 227 Å². The highest BCUT2D eigenvalue weighted by Crippen LogP contribution is 2.46. The molecule has 10 nitrogen and oxygen atoms in total. The third-order valence-corrected chi connectivity index (χ3v) is 7.20. The lowest BCUT2D eigenvalue weighted by atomic mass is 10.1. The summed E-state index contributed by atoms with van der Waals surface area (Å²) in [5, 5.41) is 3.40. The molecule has 1 atom stereocenters. The van der Waals surface area contributed by atoms with E-state index in [4.69, 9.17) is 23.9 Å². The summed E-state index contributed by atoms with van der Waals surface area (Å²) in [6.07, 6.45) is 5.47. The Bertz CT molecular complexity index is 1720. The van der Waals surface area contributed by atoms with Crippen molar-refractivity contribution in [3.05, 3.63) is 66.6 Å². The quantitative estimate of drug-likeness (QED) is 0.291. The van der Waals surface area contributed by atoms with Crippen LogP contribution >= 0.6 is 11.3 Å². The molecule has 1 aliphatic heterocycles. The van der Waals surface area contributed by atoms with E-state index in [9.17, 15) is 4.79 Å². The van der Waals surface area contributed by atoms with Crippen molar-refractivity contribution in [1.82, 2.24) is 19.9 Å². The van der Waals surface area contributed by atoms with Crippen LogP contribution in [-0.4, -0.2) is 52.5 Å². The number of ether oxygens (including phenoxy) is 4. The van der Waals surface area contributed by atoms with Gasteiger partial charge in [0.05, 0.1) is 41.7 Å². The van der Waals surface area contributed by atoms with Gasteiger partial charge in [-0.15, -0.1) is 11.3 Å². The number of hydrogen-bond donors (Lipinski definition) is 1. The molecule has 0 aliphatic carbocycles. The minimum Gasteiger partial charge on any atom is -0.484 e. The third kappa shape index (κ3) is 4.79. The van der Waals surface area contributed by atoms with Gasteiger partial charge in [0.25, 0.3) is 0 Å². The van der Waals surface area contributed by atoms with Crippen molar-refractivity contribution in [3.8, 4) is 28.0 Å². The molecule has 1 unspecified atom stereocenters. The van der Waals surface area contributed by atoms with Crippen molar-refractivity contribution in [1.29, 1.82) is 0 Å². The van der Waals surface area contributed by atoms with Crippen LogP contribution in [0.2, 0.25) is 0 Å². The minimum absolute atomic E-state index is 0.0268. The number of methoxy groups -OCH3 is 1. The van der Waals surface area contributed by atoms with E-state index >= 15 is 0 Å². The van der Waals surface area contributed by atoms with Gasteiger partial charge < -0.3 is 18.9 Å². The van der Waals surface area contributed by atoms with E-state index in [0.29, 0.717) is 34.1 Å². The molecule has 1 aliphatic rings. The smallest absolute Gasteiger partial charge is 0.411 e. The van der Waals surface area contributed by atoms with Gasteiger partial charge in [0, 0.05) is 11.8 Å². The summed E-state index contributed by atoms with van der Waals surface area (Å²) in [6, 6.07) is 9.25. The van der Waals surface area contributed by atoms with Crippen molar-refractivity contribution in [2.45, 2.75) is 13.0 Å². The molecule has 1 amide bonds. The maximum atomic E-state index is 12.2. The first-order valence-corrected chi connectivity index (χ1v) is 12.9. The third-order valence-electron chi connectivity index (χ3n) is 6.12. The second-order valence-corrected chi connectivity index (χ2v) is 9.79. The maximum Gasteiger partial charge on any atom is 0.411 e. The molecule has 2 aromatic carbocycles. The van der Waals surface area contributed by atoms with E-state index in [1.807, 2.05) is 25.1 Å². The number of carbonyl (C=O) groups is 1. The molecule has 0 radical (unpaired) electrons. The lowest BCUT2D eigenvalue weighted by Crippen LogP contribution is -2.35. The first-order chi connectivity index (χ1) is 19.0. The van der Waals surface area contributed by atoms with Crippen LogP contribution in [0.1, 0.15) is 11.1 Å². The highest BCUT2D eigenvalue weighted by molar-refractivity contribution is 7.22. The maximum absolute atomic E-state index is 12.2. The van der Waals surface area contributed by atoms with Crippen molar-refractivity contribution in [2.75, 3.05) is 25.6 Å². The van der Waals surface area contributed by atoms with Crippen molar-refractivity contribution >= 4 is 50.4 Å². The van der Waals surface area contributed by atoms with E-state index < -0.39 is 12.2 Å². The van der Waals surface area contributed by atoms with Gasteiger partial charge in [-0.25, -0.2) is 19.7 Å². The standard InChI is InChI=1S/C28H23N5O5S/c1-4-16-9-19(24-20(10-16)32-22(35-3)12-30-24)27-33-23-15(2)8-21-25(26(23)39-27)36-13-18(38-21)14-37-28(34)31-17-6-5-7-29-11-17/h4-12,18H,1,13-14H2,2-3H3,(H,31,34). The van der Waals surface area contributed by atoms with E-state index in [-0.39, 0.29) is 13.2 Å². The number of thiazole rings is 1. The Morgan fingerprint density at radius 2 is 2.15 bits per heavy atom. The Kier molecular flexibility index (Phi) is 6.41. The number of nitrogens with one attached hydrogen (secondary N) is 1. The summed E-state index contributed by atoms with van der Waals surface area (Å²) in [7, 11) is 1.56. The Hall–Kier alpha value is -4.77. The Morgan fingerprint density at radius 1 is 1.26 bits per heavy atom. The average Bonchev–Trinajstić information content (AvgIpc) is 3.42. The summed E-state index contributed by atoms with van der Waals surface area (Å²) in [5.41, 5.74) is 5.44. The van der Waals surface area contributed by atoms with Crippen LogP contribution in [0.3, 0.4) is 0 Å². The summed E-state index contributed by atoms with van der Waals surface area (Å²) < 4.78 is 23.7. The average molecular weight is 542 g/mol. The molecule has 0 fully saturated rings. The molecule has 39 heavy (non-hydrogen) atoms. The zero-order valence-corrected chi connectivity index (χ0v) is 21.9. The van der Waals surface area contributed by atoms with Gasteiger partial charge in [0.15, 0.2) is 17.6 Å². The predicted octanol–water partition coefficient (Wildman–Crippen LogP) is 5.65. The molecule has 5 aromatic rings. The van der Waals surface area contributed by atoms with Crippen LogP contribution in [0, 0.1) is 6.92 Å². The van der Waals surface area contributed by atoms with Gasteiger partial charge in [-0.2, -0.15) is 0 Å². The first-order valence-electron chi connectivity index (χ1n) is 12.1. The largest absolute Gasteiger partial charge is 0.484 e. The lowest BCUT2D eigenvalue weighted by Gasteiger charge is -2.26. The normalized spacial score (nSPS) is 14.3. The minimum atomic E-state index is -0.592. The van der Waals surface area contributed by atoms with Crippen LogP contribution in [0.5, 0.6) is 17.4 Å². The molecule has 3 aromatic heterocycles. The van der Waals surface area contributed by atoms with Gasteiger partial charge in [-0.3, -0.25) is 10.3 Å². The molecule has 0 saturated carbocycles. The van der Waals surface area contributed by atoms with Gasteiger partial charge in [0.2, 0.25) is 5.88 Å². The van der Waals surface area contributed by atoms with Gasteiger partial charge in [0.1, 0.15) is 22.9 Å². The molecule has 0 spiro atoms. The molecule has 1 N–H and O–H groups in total. The van der Waals surface area contributed by atoms with Crippen molar-refractivity contribution in [2.24, 2.45) is 0 Å². The fraction of sp³-hybridized carbons (Fsp3) is 0.179. The number of benzene rings is 2. The van der Waals surface area contributed by atoms with Crippen LogP contribution in [0.15, 0.2) is 55.5 Å². The number of pyridine rings is 1. The number of amides is 1. The molecule has 0 saturated heterocycles. The number of carbonyl (C=O) groups excluding carboxylic acids is 1. The number of anilines is 1. The second-order valence-electron chi connectivity index (χ2n) is 8.79. The molecule has 4 heterocycles. The van der Waals surface area contributed by atoms with Crippen molar-refractivity contribution < 1.29 is 23.7 Å². The lowest BCUT2D eigenvalue weighted by molar-refractivity contribution is 0.0383. The zero-order chi connectivity index (χ0) is 26.9. The summed E-state index contributed by atoms with van der Waals surface area (Å²) >= 11 is 1.49. The molecular formula is C28H23N5O5S. The highest BCUT2D eigenvalue weighted by atomic mass is 32.1. The fourth-order valence-electron chi connectivity index (χ4n) is 4.26. The monoisotopic (exact) mass is 541 g/mol. The number of aromatic nitrogens is 4. The number of aryl methyl sites for hydroxylation is 1. The number of nitrogens with zero attached hydrogens (tertiary/aromatic N) is 4. The summed E-state index contributed by atoms with van der Waals surface area (Å²) in [6.45, 7) is 6.13. The Morgan fingerprint density at radius 3 is 2.95 bits per heavy atom. The first kappa shape index (κ1) is 24.6. The second kappa shape index (κ2) is 10.2. The SMILES string of the molecule is C=Cc1cc(-c2nc3c(C)cc4c(c3s2)OCC(COC(=O)Nc2cccnc2)O4)c2ncc(OC)nc2c1. The number of hydrogen-bond acceptors (Lipinski definition) is 10. The summed E-state index contributed by atoms with van der Waals surface area (Å²) in [4.78, 5) is 30.2. The van der Waals surface area contributed by atoms with Crippen LogP contribution in [0.25, 0.3) is 37.9 Å². The van der Waals surface area contributed by atoms with Crippen LogP contribution in [-0.2, 0) is 4.74 Å². The van der Waals surface area contributed by atoms with E-state index in [1.54, 1.807) is 37.7 Å². The molecular weight excluding hydrogens is 518 g/mol. The molecule has 196 valence electrons. The van der Waals surface area contributed by atoms with Gasteiger partial charge >= 0.3 is 6.09 Å². The van der Waals surface area contributed by atoms with Gasteiger partial charge in [-0.05, 0) is 48.4 Å². The zero-order valence-electron chi connectivity index (χ0n) is 21.1. The summed E-state index contributed by atoms with van der Waals surface area (Å²) in [5.74, 6) is 1.63. The van der Waals surface area contributed by atoms with E-state index in [2.05, 4.69) is 26.8 Å². The molecule has 6 rings (SSSR count). The molecule has 11 heteroatoms. The topological polar surface area (TPSA) is 118 Å². The number of fused-ring (bicyclic) bond motifs is 4. The fourth-order valence-corrected chi connectivity index (χ4v) is 5.41. The Balaban J connectivity index is 1.27. The van der Waals surface area contributed by atoms with Gasteiger partial charge in [-0.1, -0.05) is 12.7 Å². The van der Waals surface area contributed by atoms with Crippen LogP contribution in [0.4, 0.5) is 10.5 Å². The van der Waals surface area contributed by atoms with Crippen LogP contribution < -0.4 is 19.5 Å². The highest BCUT2D eigenvalue weighted by Gasteiger charge is 2.27. The van der Waals surface area contributed by atoms with Crippen molar-refractivity contribution in [3.63, 3.8) is 0 Å². The van der Waals surface area contributed by atoms with E-state index in [1.165, 1.54) is 17.5 Å². The number of rotatable bonds is 6. The predicted molar refractivity (Wildman–Crippen MR) is 149 cm³/mol. The molecule has 0 bridgehead atoms. The van der Waals surface area contributed by atoms with E-state index in [0.717, 1.165) is 31.9 Å².